The monoisotopic (exact) mass is 353 g/mol. The van der Waals surface area contributed by atoms with Crippen LogP contribution in [0.15, 0.2) is 53.5 Å². The highest BCUT2D eigenvalue weighted by Crippen LogP contribution is 2.26. The quantitative estimate of drug-likeness (QED) is 0.883. The van der Waals surface area contributed by atoms with Gasteiger partial charge in [-0.15, -0.1) is 0 Å². The van der Waals surface area contributed by atoms with E-state index in [1.165, 1.54) is 11.8 Å². The molecule has 1 aliphatic rings. The largest absolute Gasteiger partial charge is 0.326 e. The zero-order chi connectivity index (χ0) is 17.8. The van der Waals surface area contributed by atoms with Gasteiger partial charge in [-0.1, -0.05) is 41.6 Å². The Bertz CT molecular complexity index is 831. The maximum Gasteiger partial charge on any atom is 0.240 e. The summed E-state index contributed by atoms with van der Waals surface area (Å²) in [5.74, 6) is -0.372. The molecule has 1 saturated heterocycles. The molecule has 1 aliphatic heterocycles. The second-order valence-corrected chi connectivity index (χ2v) is 7.16. The zero-order valence-electron chi connectivity index (χ0n) is 14.1. The van der Waals surface area contributed by atoms with Gasteiger partial charge < -0.3 is 10.6 Å². The zero-order valence-corrected chi connectivity index (χ0v) is 14.9. The van der Waals surface area contributed by atoms with Gasteiger partial charge in [0.25, 0.3) is 0 Å². The third-order valence-electron chi connectivity index (χ3n) is 3.71. The fraction of sp³-hybridized carbons (Fsp3) is 0.211. The number of nitrogens with one attached hydrogen (secondary N) is 2. The lowest BCUT2D eigenvalue weighted by atomic mass is 10.2. The Labute approximate surface area is 150 Å². The van der Waals surface area contributed by atoms with Gasteiger partial charge in [0.1, 0.15) is 5.25 Å². The van der Waals surface area contributed by atoms with Crippen LogP contribution in [0.1, 0.15) is 17.5 Å². The summed E-state index contributed by atoms with van der Waals surface area (Å²) in [6.45, 7) is 3.97. The minimum Gasteiger partial charge on any atom is -0.326 e. The molecule has 2 N–H and O–H groups in total. The molecule has 1 fully saturated rings. The minimum atomic E-state index is -0.464. The Hall–Kier alpha value is -2.60. The van der Waals surface area contributed by atoms with Gasteiger partial charge in [0.15, 0.2) is 5.17 Å². The average Bonchev–Trinajstić information content (AvgIpc) is 2.89. The lowest BCUT2D eigenvalue weighted by Gasteiger charge is -2.07. The predicted molar refractivity (Wildman–Crippen MR) is 102 cm³/mol. The number of carbonyl (C=O) groups is 2. The topological polar surface area (TPSA) is 70.6 Å². The number of benzene rings is 2. The fourth-order valence-electron chi connectivity index (χ4n) is 2.42. The molecule has 25 heavy (non-hydrogen) atoms. The molecule has 1 heterocycles. The number of aliphatic imine (C=N–C) groups is 1. The summed E-state index contributed by atoms with van der Waals surface area (Å²) >= 11 is 1.29. The molecular formula is C19H19N3O2S. The minimum absolute atomic E-state index is 0.108. The number of amides is 2. The van der Waals surface area contributed by atoms with Crippen LogP contribution in [0.2, 0.25) is 0 Å². The fourth-order valence-corrected chi connectivity index (χ4v) is 3.41. The van der Waals surface area contributed by atoms with Crippen LogP contribution in [0.25, 0.3) is 0 Å². The summed E-state index contributed by atoms with van der Waals surface area (Å²) < 4.78 is 0. The SMILES string of the molecule is Cc1ccc(NC(=O)C[C@@H]2SC(=Nc3cccc(C)c3)NC2=O)cc1. The van der Waals surface area contributed by atoms with Gasteiger partial charge >= 0.3 is 0 Å². The first-order chi connectivity index (χ1) is 12.0. The van der Waals surface area contributed by atoms with Crippen molar-refractivity contribution in [2.24, 2.45) is 4.99 Å². The second kappa shape index (κ2) is 7.53. The van der Waals surface area contributed by atoms with Crippen molar-refractivity contribution in [1.82, 2.24) is 5.32 Å². The van der Waals surface area contributed by atoms with Crippen LogP contribution < -0.4 is 10.6 Å². The molecule has 0 aromatic heterocycles. The second-order valence-electron chi connectivity index (χ2n) is 5.97. The number of anilines is 1. The van der Waals surface area contributed by atoms with E-state index in [9.17, 15) is 9.59 Å². The van der Waals surface area contributed by atoms with E-state index >= 15 is 0 Å². The van der Waals surface area contributed by atoms with Crippen LogP contribution in [0.3, 0.4) is 0 Å². The number of amidine groups is 1. The van der Waals surface area contributed by atoms with E-state index in [1.54, 1.807) is 0 Å². The lowest BCUT2D eigenvalue weighted by Crippen LogP contribution is -2.28. The smallest absolute Gasteiger partial charge is 0.240 e. The Morgan fingerprint density at radius 3 is 2.64 bits per heavy atom. The van der Waals surface area contributed by atoms with Crippen molar-refractivity contribution >= 4 is 40.1 Å². The van der Waals surface area contributed by atoms with Crippen LogP contribution in [0.4, 0.5) is 11.4 Å². The number of rotatable bonds is 4. The summed E-state index contributed by atoms with van der Waals surface area (Å²) in [5.41, 5.74) is 3.74. The van der Waals surface area contributed by atoms with Crippen molar-refractivity contribution < 1.29 is 9.59 Å². The van der Waals surface area contributed by atoms with E-state index in [1.807, 2.05) is 62.4 Å². The summed E-state index contributed by atoms with van der Waals surface area (Å²) in [4.78, 5) is 28.7. The third kappa shape index (κ3) is 4.70. The van der Waals surface area contributed by atoms with Gasteiger partial charge in [-0.2, -0.15) is 0 Å². The lowest BCUT2D eigenvalue weighted by molar-refractivity contribution is -0.122. The highest BCUT2D eigenvalue weighted by atomic mass is 32.2. The van der Waals surface area contributed by atoms with Gasteiger partial charge in [0.05, 0.1) is 5.69 Å². The number of hydrogen-bond donors (Lipinski definition) is 2. The van der Waals surface area contributed by atoms with E-state index in [-0.39, 0.29) is 18.2 Å². The molecule has 0 spiro atoms. The van der Waals surface area contributed by atoms with Crippen molar-refractivity contribution in [2.45, 2.75) is 25.5 Å². The van der Waals surface area contributed by atoms with Gasteiger partial charge in [0, 0.05) is 12.1 Å². The van der Waals surface area contributed by atoms with Crippen molar-refractivity contribution in [1.29, 1.82) is 0 Å². The molecule has 3 rings (SSSR count). The maximum absolute atomic E-state index is 12.2. The van der Waals surface area contributed by atoms with E-state index in [0.29, 0.717) is 5.17 Å². The maximum atomic E-state index is 12.2. The summed E-state index contributed by atoms with van der Waals surface area (Å²) in [5, 5.41) is 5.63. The summed E-state index contributed by atoms with van der Waals surface area (Å²) in [7, 11) is 0. The molecule has 0 saturated carbocycles. The molecule has 6 heteroatoms. The molecular weight excluding hydrogens is 334 g/mol. The normalized spacial score (nSPS) is 18.2. The number of aryl methyl sites for hydroxylation is 2. The predicted octanol–water partition coefficient (Wildman–Crippen LogP) is 3.55. The number of hydrogen-bond acceptors (Lipinski definition) is 4. The molecule has 128 valence electrons. The Balaban J connectivity index is 1.61. The first kappa shape index (κ1) is 17.2. The number of carbonyl (C=O) groups excluding carboxylic acids is 2. The van der Waals surface area contributed by atoms with Gasteiger partial charge in [-0.3, -0.25) is 9.59 Å². The van der Waals surface area contributed by atoms with Crippen LogP contribution in [-0.4, -0.2) is 22.2 Å². The molecule has 2 aromatic carbocycles. The highest BCUT2D eigenvalue weighted by molar-refractivity contribution is 8.15. The van der Waals surface area contributed by atoms with E-state index in [4.69, 9.17) is 0 Å². The van der Waals surface area contributed by atoms with Crippen LogP contribution >= 0.6 is 11.8 Å². The van der Waals surface area contributed by atoms with Crippen molar-refractivity contribution in [2.75, 3.05) is 5.32 Å². The molecule has 2 amide bonds. The molecule has 0 radical (unpaired) electrons. The van der Waals surface area contributed by atoms with Crippen molar-refractivity contribution in [3.05, 3.63) is 59.7 Å². The van der Waals surface area contributed by atoms with Crippen LogP contribution in [0, 0.1) is 13.8 Å². The van der Waals surface area contributed by atoms with Gasteiger partial charge in [-0.25, -0.2) is 4.99 Å². The first-order valence-electron chi connectivity index (χ1n) is 7.99. The standard InChI is InChI=1S/C19H19N3O2S/c1-12-6-8-14(9-7-12)20-17(23)11-16-18(24)22-19(25-16)21-15-5-3-4-13(2)10-15/h3-10,16H,11H2,1-2H3,(H,20,23)(H,21,22,24)/t16-/m0/s1. The Morgan fingerprint density at radius 2 is 1.92 bits per heavy atom. The number of nitrogens with zero attached hydrogens (tertiary/aromatic N) is 1. The Morgan fingerprint density at radius 1 is 1.16 bits per heavy atom. The molecule has 1 atom stereocenters. The Kier molecular flexibility index (Phi) is 5.19. The van der Waals surface area contributed by atoms with Crippen molar-refractivity contribution in [3.8, 4) is 0 Å². The first-order valence-corrected chi connectivity index (χ1v) is 8.87. The molecule has 0 unspecified atom stereocenters. The number of thioether (sulfide) groups is 1. The third-order valence-corrected chi connectivity index (χ3v) is 4.80. The molecule has 0 aliphatic carbocycles. The van der Waals surface area contributed by atoms with Gasteiger partial charge in [-0.05, 0) is 43.7 Å². The van der Waals surface area contributed by atoms with Crippen LogP contribution in [-0.2, 0) is 9.59 Å². The molecule has 2 aromatic rings. The van der Waals surface area contributed by atoms with E-state index in [2.05, 4.69) is 15.6 Å². The van der Waals surface area contributed by atoms with E-state index < -0.39 is 5.25 Å². The van der Waals surface area contributed by atoms with E-state index in [0.717, 1.165) is 22.5 Å². The van der Waals surface area contributed by atoms with Crippen molar-refractivity contribution in [3.63, 3.8) is 0 Å². The highest BCUT2D eigenvalue weighted by Gasteiger charge is 2.32. The summed E-state index contributed by atoms with van der Waals surface area (Å²) in [6, 6.07) is 15.3. The average molecular weight is 353 g/mol. The molecule has 0 bridgehead atoms. The van der Waals surface area contributed by atoms with Crippen LogP contribution in [0.5, 0.6) is 0 Å². The summed E-state index contributed by atoms with van der Waals surface area (Å²) in [6.07, 6.45) is 0.108. The van der Waals surface area contributed by atoms with Gasteiger partial charge in [0.2, 0.25) is 11.8 Å². The molecule has 5 nitrogen and oxygen atoms in total.